The van der Waals surface area contributed by atoms with Gasteiger partial charge in [-0.05, 0) is 22.2 Å². The zero-order valence-electron chi connectivity index (χ0n) is 17.8. The minimum Gasteiger partial charge on any atom is -0.413 e. The third-order valence-electron chi connectivity index (χ3n) is 6.22. The van der Waals surface area contributed by atoms with Gasteiger partial charge in [0, 0.05) is 25.4 Å². The summed E-state index contributed by atoms with van der Waals surface area (Å²) in [6.45, 7) is 15.1. The Morgan fingerprint density at radius 2 is 1.63 bits per heavy atom. The van der Waals surface area contributed by atoms with E-state index in [4.69, 9.17) is 4.43 Å². The van der Waals surface area contributed by atoms with Crippen molar-refractivity contribution < 1.29 is 14.3 Å². The second-order valence-electron chi connectivity index (χ2n) is 8.92. The van der Waals surface area contributed by atoms with Crippen molar-refractivity contribution in [1.82, 2.24) is 4.90 Å². The van der Waals surface area contributed by atoms with Gasteiger partial charge in [0.05, 0.1) is 12.7 Å². The highest BCUT2D eigenvalue weighted by Gasteiger charge is 2.46. The zero-order valence-corrected chi connectivity index (χ0v) is 18.8. The van der Waals surface area contributed by atoms with Crippen LogP contribution in [0.4, 0.5) is 0 Å². The van der Waals surface area contributed by atoms with Crippen LogP contribution in [0.1, 0.15) is 53.5 Å². The fourth-order valence-corrected chi connectivity index (χ4v) is 10.3. The van der Waals surface area contributed by atoms with Crippen molar-refractivity contribution in [1.29, 1.82) is 0 Å². The highest BCUT2D eigenvalue weighted by Crippen LogP contribution is 2.42. The van der Waals surface area contributed by atoms with E-state index in [2.05, 4.69) is 41.5 Å². The molecule has 2 rings (SSSR count). The van der Waals surface area contributed by atoms with E-state index < -0.39 is 14.4 Å². The molecule has 1 aromatic rings. The highest BCUT2D eigenvalue weighted by molar-refractivity contribution is 6.77. The van der Waals surface area contributed by atoms with Crippen molar-refractivity contribution in [3.05, 3.63) is 35.9 Å². The lowest BCUT2D eigenvalue weighted by atomic mass is 10.0. The summed E-state index contributed by atoms with van der Waals surface area (Å²) in [6, 6.07) is 10.0. The fraction of sp³-hybridized carbons (Fsp3) is 0.682. The molecule has 1 fully saturated rings. The van der Waals surface area contributed by atoms with Gasteiger partial charge < -0.3 is 14.4 Å². The van der Waals surface area contributed by atoms with E-state index in [0.29, 0.717) is 42.7 Å². The SMILES string of the molecule is CC(C)[Si](OC[C@@H](O)[C@@H]1CC(=O)N(Cc2ccccc2)C1)(C(C)C)C(C)C. The predicted molar refractivity (Wildman–Crippen MR) is 113 cm³/mol. The second-order valence-corrected chi connectivity index (χ2v) is 14.4. The molecule has 152 valence electrons. The molecule has 1 amide bonds. The van der Waals surface area contributed by atoms with Gasteiger partial charge in [0.2, 0.25) is 5.91 Å². The molecule has 0 unspecified atom stereocenters. The molecule has 1 aliphatic heterocycles. The normalized spacial score (nSPS) is 19.6. The molecule has 0 bridgehead atoms. The number of rotatable bonds is 9. The van der Waals surface area contributed by atoms with E-state index in [1.165, 1.54) is 0 Å². The Labute approximate surface area is 166 Å². The molecule has 4 nitrogen and oxygen atoms in total. The Bertz CT molecular complexity index is 581. The van der Waals surface area contributed by atoms with Crippen LogP contribution in [0.15, 0.2) is 30.3 Å². The zero-order chi connectivity index (χ0) is 20.2. The summed E-state index contributed by atoms with van der Waals surface area (Å²) in [6.07, 6.45) is -0.172. The molecule has 2 atom stereocenters. The lowest BCUT2D eigenvalue weighted by Gasteiger charge is -2.43. The first-order chi connectivity index (χ1) is 12.7. The van der Waals surface area contributed by atoms with Crippen molar-refractivity contribution in [2.45, 2.75) is 77.2 Å². The monoisotopic (exact) mass is 391 g/mol. The summed E-state index contributed by atoms with van der Waals surface area (Å²) in [5.74, 6) is 0.0855. The number of benzene rings is 1. The van der Waals surface area contributed by atoms with Gasteiger partial charge in [-0.1, -0.05) is 71.9 Å². The third kappa shape index (κ3) is 5.01. The number of aliphatic hydroxyl groups excluding tert-OH is 1. The van der Waals surface area contributed by atoms with Crippen molar-refractivity contribution >= 4 is 14.2 Å². The third-order valence-corrected chi connectivity index (χ3v) is 12.3. The lowest BCUT2D eigenvalue weighted by Crippen LogP contribution is -2.49. The number of hydrogen-bond donors (Lipinski definition) is 1. The van der Waals surface area contributed by atoms with Gasteiger partial charge in [-0.25, -0.2) is 0 Å². The first-order valence-electron chi connectivity index (χ1n) is 10.3. The highest BCUT2D eigenvalue weighted by atomic mass is 28.4. The Morgan fingerprint density at radius 1 is 1.07 bits per heavy atom. The molecule has 0 spiro atoms. The molecule has 0 saturated carbocycles. The van der Waals surface area contributed by atoms with Gasteiger partial charge in [0.15, 0.2) is 8.32 Å². The number of carbonyl (C=O) groups excluding carboxylic acids is 1. The van der Waals surface area contributed by atoms with E-state index >= 15 is 0 Å². The van der Waals surface area contributed by atoms with Crippen molar-refractivity contribution in [2.75, 3.05) is 13.2 Å². The quantitative estimate of drug-likeness (QED) is 0.627. The van der Waals surface area contributed by atoms with Crippen molar-refractivity contribution in [3.63, 3.8) is 0 Å². The van der Waals surface area contributed by atoms with E-state index in [1.54, 1.807) is 0 Å². The number of carbonyl (C=O) groups is 1. The van der Waals surface area contributed by atoms with Crippen LogP contribution in [0, 0.1) is 5.92 Å². The minimum absolute atomic E-state index is 0.0422. The average molecular weight is 392 g/mol. The number of likely N-dealkylation sites (tertiary alicyclic amines) is 1. The van der Waals surface area contributed by atoms with E-state index in [1.807, 2.05) is 35.2 Å². The van der Waals surface area contributed by atoms with E-state index in [9.17, 15) is 9.90 Å². The van der Waals surface area contributed by atoms with Gasteiger partial charge in [0.1, 0.15) is 0 Å². The van der Waals surface area contributed by atoms with Gasteiger partial charge in [-0.3, -0.25) is 4.79 Å². The Kier molecular flexibility index (Phi) is 7.66. The van der Waals surface area contributed by atoms with Crippen LogP contribution in [0.25, 0.3) is 0 Å². The van der Waals surface area contributed by atoms with E-state index in [0.717, 1.165) is 5.56 Å². The Morgan fingerprint density at radius 3 is 2.15 bits per heavy atom. The molecular formula is C22H37NO3Si. The largest absolute Gasteiger partial charge is 0.413 e. The molecular weight excluding hydrogens is 354 g/mol. The smallest absolute Gasteiger partial charge is 0.223 e. The number of aliphatic hydroxyl groups is 1. The number of nitrogens with zero attached hydrogens (tertiary/aromatic N) is 1. The standard InChI is InChI=1S/C22H37NO3Si/c1-16(2)27(17(3)4,18(5)6)26-15-21(24)20-12-22(25)23(14-20)13-19-10-8-7-9-11-19/h7-11,16-18,20-21,24H,12-15H2,1-6H3/t20-,21-/m1/s1. The number of amides is 1. The van der Waals surface area contributed by atoms with Crippen LogP contribution in [0.2, 0.25) is 16.6 Å². The summed E-state index contributed by atoms with van der Waals surface area (Å²) in [7, 11) is -1.99. The van der Waals surface area contributed by atoms with Gasteiger partial charge in [-0.15, -0.1) is 0 Å². The van der Waals surface area contributed by atoms with Crippen molar-refractivity contribution in [3.8, 4) is 0 Å². The summed E-state index contributed by atoms with van der Waals surface area (Å²) in [5, 5.41) is 10.8. The Hall–Kier alpha value is -1.17. The van der Waals surface area contributed by atoms with Crippen LogP contribution < -0.4 is 0 Å². The topological polar surface area (TPSA) is 49.8 Å². The van der Waals surface area contributed by atoms with Crippen LogP contribution in [0.3, 0.4) is 0 Å². The molecule has 1 saturated heterocycles. The molecule has 0 aliphatic carbocycles. The molecule has 0 radical (unpaired) electrons. The maximum absolute atomic E-state index is 12.4. The van der Waals surface area contributed by atoms with Crippen LogP contribution in [-0.4, -0.2) is 43.5 Å². The summed E-state index contributed by atoms with van der Waals surface area (Å²) in [4.78, 5) is 14.3. The molecule has 1 N–H and O–H groups in total. The van der Waals surface area contributed by atoms with Crippen molar-refractivity contribution in [2.24, 2.45) is 5.92 Å². The van der Waals surface area contributed by atoms with Gasteiger partial charge in [0.25, 0.3) is 0 Å². The Balaban J connectivity index is 1.97. The maximum atomic E-state index is 12.4. The lowest BCUT2D eigenvalue weighted by molar-refractivity contribution is -0.128. The molecule has 1 aromatic carbocycles. The fourth-order valence-electron chi connectivity index (χ4n) is 4.88. The molecule has 5 heteroatoms. The van der Waals surface area contributed by atoms with Crippen LogP contribution >= 0.6 is 0 Å². The van der Waals surface area contributed by atoms with E-state index in [-0.39, 0.29) is 11.8 Å². The second kappa shape index (κ2) is 9.35. The van der Waals surface area contributed by atoms with Crippen LogP contribution in [0.5, 0.6) is 0 Å². The summed E-state index contributed by atoms with van der Waals surface area (Å²) in [5.41, 5.74) is 2.60. The minimum atomic E-state index is -1.99. The number of hydrogen-bond acceptors (Lipinski definition) is 3. The summed E-state index contributed by atoms with van der Waals surface area (Å²) >= 11 is 0. The first-order valence-corrected chi connectivity index (χ1v) is 12.5. The van der Waals surface area contributed by atoms with Crippen LogP contribution in [-0.2, 0) is 15.8 Å². The predicted octanol–water partition coefficient (Wildman–Crippen LogP) is 4.59. The summed E-state index contributed by atoms with van der Waals surface area (Å²) < 4.78 is 6.54. The molecule has 0 aromatic heterocycles. The maximum Gasteiger partial charge on any atom is 0.223 e. The molecule has 1 aliphatic rings. The molecule has 1 heterocycles. The first kappa shape index (κ1) is 22.1. The molecule has 27 heavy (non-hydrogen) atoms. The van der Waals surface area contributed by atoms with Gasteiger partial charge >= 0.3 is 0 Å². The van der Waals surface area contributed by atoms with Gasteiger partial charge in [-0.2, -0.15) is 0 Å². The average Bonchev–Trinajstić information content (AvgIpc) is 2.96.